The quantitative estimate of drug-likeness (QED) is 0.825. The van der Waals surface area contributed by atoms with Crippen LogP contribution >= 0.6 is 11.6 Å². The summed E-state index contributed by atoms with van der Waals surface area (Å²) in [5.41, 5.74) is -3.35. The summed E-state index contributed by atoms with van der Waals surface area (Å²) in [6, 6.07) is 1.04. The third kappa shape index (κ3) is 3.90. The molecule has 25 heavy (non-hydrogen) atoms. The number of methoxy groups -OCH3 is 1. The van der Waals surface area contributed by atoms with Gasteiger partial charge in [-0.15, -0.1) is 0 Å². The molecule has 0 spiro atoms. The number of ether oxygens (including phenoxy) is 1. The lowest BCUT2D eigenvalue weighted by Crippen LogP contribution is -2.25. The van der Waals surface area contributed by atoms with E-state index in [4.69, 9.17) is 16.7 Å². The third-order valence-electron chi connectivity index (χ3n) is 3.06. The van der Waals surface area contributed by atoms with Gasteiger partial charge in [0.25, 0.3) is 5.56 Å². The number of aliphatic carboxylic acids is 1. The molecule has 0 saturated carbocycles. The smallest absolute Gasteiger partial charge is 0.433 e. The summed E-state index contributed by atoms with van der Waals surface area (Å²) in [6.07, 6.45) is -5.49. The maximum absolute atomic E-state index is 14.2. The van der Waals surface area contributed by atoms with Crippen LogP contribution in [-0.2, 0) is 17.4 Å². The maximum Gasteiger partial charge on any atom is 0.433 e. The van der Waals surface area contributed by atoms with Crippen LogP contribution in [0.25, 0.3) is 5.69 Å². The average Bonchev–Trinajstić information content (AvgIpc) is 2.48. The number of halogens is 5. The van der Waals surface area contributed by atoms with Crippen molar-refractivity contribution >= 4 is 17.6 Å². The van der Waals surface area contributed by atoms with Gasteiger partial charge >= 0.3 is 18.2 Å². The molecule has 1 aromatic carbocycles. The number of nitrogens with zero attached hydrogens (tertiary/aromatic N) is 2. The van der Waals surface area contributed by atoms with Crippen LogP contribution in [0.4, 0.5) is 17.6 Å². The van der Waals surface area contributed by atoms with E-state index < -0.39 is 47.3 Å². The van der Waals surface area contributed by atoms with E-state index in [1.165, 1.54) is 0 Å². The van der Waals surface area contributed by atoms with Gasteiger partial charge in [0.15, 0.2) is 5.69 Å². The Morgan fingerprint density at radius 1 is 1.36 bits per heavy atom. The Morgan fingerprint density at radius 2 is 2.00 bits per heavy atom. The predicted octanol–water partition coefficient (Wildman–Crippen LogP) is 2.68. The molecule has 2 aromatic rings. The van der Waals surface area contributed by atoms with Crippen LogP contribution in [0, 0.1) is 5.82 Å². The Kier molecular flexibility index (Phi) is 5.02. The van der Waals surface area contributed by atoms with E-state index in [-0.39, 0.29) is 16.7 Å². The normalized spacial score (nSPS) is 11.4. The molecule has 0 saturated heterocycles. The first-order valence-corrected chi connectivity index (χ1v) is 6.87. The third-order valence-corrected chi connectivity index (χ3v) is 3.41. The fourth-order valence-electron chi connectivity index (χ4n) is 2.02. The second-order valence-electron chi connectivity index (χ2n) is 4.77. The summed E-state index contributed by atoms with van der Waals surface area (Å²) in [7, 11) is 0.949. The van der Waals surface area contributed by atoms with Crippen molar-refractivity contribution in [3.63, 3.8) is 0 Å². The Morgan fingerprint density at radius 3 is 2.52 bits per heavy atom. The van der Waals surface area contributed by atoms with E-state index in [1.54, 1.807) is 0 Å². The molecular formula is C14H9ClF4N2O4. The molecule has 0 amide bonds. The predicted molar refractivity (Wildman–Crippen MR) is 77.7 cm³/mol. The first kappa shape index (κ1) is 18.7. The molecule has 0 aliphatic heterocycles. The topological polar surface area (TPSA) is 81.4 Å². The Hall–Kier alpha value is -2.62. The zero-order valence-electron chi connectivity index (χ0n) is 12.4. The van der Waals surface area contributed by atoms with Gasteiger partial charge in [-0.2, -0.15) is 18.2 Å². The highest BCUT2D eigenvalue weighted by Crippen LogP contribution is 2.30. The molecule has 134 valence electrons. The molecule has 0 atom stereocenters. The van der Waals surface area contributed by atoms with Crippen molar-refractivity contribution in [2.45, 2.75) is 12.6 Å². The first-order chi connectivity index (χ1) is 11.5. The summed E-state index contributed by atoms with van der Waals surface area (Å²) in [5, 5.41) is 8.61. The van der Waals surface area contributed by atoms with Crippen molar-refractivity contribution in [3.05, 3.63) is 50.7 Å². The van der Waals surface area contributed by atoms with E-state index in [1.807, 2.05) is 0 Å². The monoisotopic (exact) mass is 380 g/mol. The first-order valence-electron chi connectivity index (χ1n) is 6.50. The number of carbonyl (C=O) groups is 1. The molecule has 2 rings (SSSR count). The van der Waals surface area contributed by atoms with Crippen molar-refractivity contribution in [2.24, 2.45) is 0 Å². The number of carboxylic acids is 1. The minimum absolute atomic E-state index is 0.0422. The Labute approximate surface area is 142 Å². The minimum atomic E-state index is -4.90. The molecule has 0 aliphatic rings. The van der Waals surface area contributed by atoms with E-state index in [2.05, 4.69) is 9.72 Å². The van der Waals surface area contributed by atoms with Crippen LogP contribution in [-0.4, -0.2) is 27.7 Å². The molecule has 0 bridgehead atoms. The molecular weight excluding hydrogens is 372 g/mol. The molecule has 1 heterocycles. The lowest BCUT2D eigenvalue weighted by Gasteiger charge is -2.15. The van der Waals surface area contributed by atoms with Crippen LogP contribution < -0.4 is 10.3 Å². The van der Waals surface area contributed by atoms with E-state index in [0.29, 0.717) is 4.57 Å². The van der Waals surface area contributed by atoms with Crippen LogP contribution in [0.15, 0.2) is 23.0 Å². The molecule has 1 N–H and O–H groups in total. The molecule has 0 unspecified atom stereocenters. The van der Waals surface area contributed by atoms with Crippen molar-refractivity contribution in [2.75, 3.05) is 7.11 Å². The lowest BCUT2D eigenvalue weighted by molar-refractivity contribution is -0.141. The number of rotatable bonds is 4. The lowest BCUT2D eigenvalue weighted by atomic mass is 10.1. The van der Waals surface area contributed by atoms with Gasteiger partial charge in [0, 0.05) is 11.1 Å². The summed E-state index contributed by atoms with van der Waals surface area (Å²) in [4.78, 5) is 26.0. The van der Waals surface area contributed by atoms with E-state index >= 15 is 0 Å². The van der Waals surface area contributed by atoms with Gasteiger partial charge in [-0.1, -0.05) is 11.6 Å². The summed E-state index contributed by atoms with van der Waals surface area (Å²) >= 11 is 5.75. The molecule has 11 heteroatoms. The number of aromatic nitrogens is 2. The van der Waals surface area contributed by atoms with E-state index in [0.717, 1.165) is 19.2 Å². The molecule has 1 aromatic heterocycles. The second-order valence-corrected chi connectivity index (χ2v) is 5.17. The van der Waals surface area contributed by atoms with Crippen molar-refractivity contribution in [3.8, 4) is 11.7 Å². The SMILES string of the molecule is COc1nc(C(F)(F)F)cc(=O)n1-c1cc(CC(=O)O)c(Cl)cc1F. The minimum Gasteiger partial charge on any atom is -0.481 e. The van der Waals surface area contributed by atoms with Gasteiger partial charge in [0.1, 0.15) is 5.82 Å². The van der Waals surface area contributed by atoms with Gasteiger partial charge in [-0.05, 0) is 17.7 Å². The van der Waals surface area contributed by atoms with Gasteiger partial charge < -0.3 is 9.84 Å². The highest BCUT2D eigenvalue weighted by molar-refractivity contribution is 6.31. The summed E-state index contributed by atoms with van der Waals surface area (Å²) in [5.74, 6) is -2.34. The molecule has 0 fully saturated rings. The van der Waals surface area contributed by atoms with Gasteiger partial charge in [0.2, 0.25) is 0 Å². The number of benzene rings is 1. The second kappa shape index (κ2) is 6.71. The number of hydrogen-bond acceptors (Lipinski definition) is 4. The maximum atomic E-state index is 14.2. The number of alkyl halides is 3. The van der Waals surface area contributed by atoms with Crippen LogP contribution in [0.3, 0.4) is 0 Å². The molecule has 0 radical (unpaired) electrons. The van der Waals surface area contributed by atoms with Crippen LogP contribution in [0.2, 0.25) is 5.02 Å². The van der Waals surface area contributed by atoms with Gasteiger partial charge in [-0.3, -0.25) is 9.59 Å². The Bertz CT molecular complexity index is 896. The Balaban J connectivity index is 2.74. The number of hydrogen-bond donors (Lipinski definition) is 1. The van der Waals surface area contributed by atoms with Crippen LogP contribution in [0.1, 0.15) is 11.3 Å². The summed E-state index contributed by atoms with van der Waals surface area (Å²) in [6.45, 7) is 0. The van der Waals surface area contributed by atoms with Crippen molar-refractivity contribution in [1.82, 2.24) is 9.55 Å². The van der Waals surface area contributed by atoms with Gasteiger partial charge in [0.05, 0.1) is 19.2 Å². The van der Waals surface area contributed by atoms with E-state index in [9.17, 15) is 27.2 Å². The highest BCUT2D eigenvalue weighted by atomic mass is 35.5. The van der Waals surface area contributed by atoms with Crippen LogP contribution in [0.5, 0.6) is 6.01 Å². The molecule has 6 nitrogen and oxygen atoms in total. The van der Waals surface area contributed by atoms with Gasteiger partial charge in [-0.25, -0.2) is 8.96 Å². The largest absolute Gasteiger partial charge is 0.481 e. The summed E-state index contributed by atoms with van der Waals surface area (Å²) < 4.78 is 57.5. The highest BCUT2D eigenvalue weighted by Gasteiger charge is 2.34. The van der Waals surface area contributed by atoms with Crippen molar-refractivity contribution < 1.29 is 32.2 Å². The number of carboxylic acid groups (broad SMARTS) is 1. The fraction of sp³-hybridized carbons (Fsp3) is 0.214. The zero-order chi connectivity index (χ0) is 18.9. The zero-order valence-corrected chi connectivity index (χ0v) is 13.2. The standard InChI is InChI=1S/C14H9ClF4N2O4/c1-25-13-20-10(14(17,18)19)5-11(22)21(13)9-2-6(3-12(23)24)7(15)4-8(9)16/h2,4-5H,3H2,1H3,(H,23,24). The fourth-order valence-corrected chi connectivity index (χ4v) is 2.23. The van der Waals surface area contributed by atoms with Crippen molar-refractivity contribution in [1.29, 1.82) is 0 Å². The molecule has 0 aliphatic carbocycles. The average molecular weight is 381 g/mol.